The van der Waals surface area contributed by atoms with Crippen LogP contribution in [-0.2, 0) is 27.2 Å². The van der Waals surface area contributed by atoms with Crippen molar-refractivity contribution < 1.29 is 14.3 Å². The number of carbonyl (C=O) groups excluding carboxylic acids is 1. The van der Waals surface area contributed by atoms with Gasteiger partial charge in [0.2, 0.25) is 5.91 Å². The van der Waals surface area contributed by atoms with Crippen LogP contribution in [0, 0.1) is 0 Å². The molecule has 1 aromatic carbocycles. The first-order chi connectivity index (χ1) is 9.79. The predicted octanol–water partition coefficient (Wildman–Crippen LogP) is 2.06. The van der Waals surface area contributed by atoms with E-state index in [0.29, 0.717) is 13.2 Å². The van der Waals surface area contributed by atoms with Crippen LogP contribution >= 0.6 is 0 Å². The fourth-order valence-corrected chi connectivity index (χ4v) is 2.38. The van der Waals surface area contributed by atoms with Crippen molar-refractivity contribution in [1.29, 1.82) is 0 Å². The van der Waals surface area contributed by atoms with Crippen LogP contribution in [0.3, 0.4) is 0 Å². The van der Waals surface area contributed by atoms with Gasteiger partial charge in [0.05, 0.1) is 12.7 Å². The number of aryl methyl sites for hydroxylation is 1. The third kappa shape index (κ3) is 4.62. The van der Waals surface area contributed by atoms with Crippen molar-refractivity contribution in [2.24, 2.45) is 0 Å². The number of hydrogen-bond donors (Lipinski definition) is 1. The Labute approximate surface area is 120 Å². The van der Waals surface area contributed by atoms with Gasteiger partial charge < -0.3 is 14.8 Å². The second-order valence-electron chi connectivity index (χ2n) is 5.05. The van der Waals surface area contributed by atoms with Crippen LogP contribution in [0.5, 0.6) is 0 Å². The number of carbonyl (C=O) groups is 1. The van der Waals surface area contributed by atoms with E-state index in [0.717, 1.165) is 25.9 Å². The van der Waals surface area contributed by atoms with Gasteiger partial charge in [-0.1, -0.05) is 31.2 Å². The first-order valence-corrected chi connectivity index (χ1v) is 7.32. The van der Waals surface area contributed by atoms with Gasteiger partial charge in [0.15, 0.2) is 0 Å². The highest BCUT2D eigenvalue weighted by Gasteiger charge is 2.15. The standard InChI is InChI=1S/C16H23NO3/c1-2-13-6-3-4-7-14(13)10-17-16(18)12-19-11-15-8-5-9-20-15/h3-4,6-7,15H,2,5,8-12H2,1H3,(H,17,18)/t15-/m1/s1. The minimum atomic E-state index is -0.0751. The van der Waals surface area contributed by atoms with Crippen molar-refractivity contribution in [3.63, 3.8) is 0 Å². The van der Waals surface area contributed by atoms with Crippen molar-refractivity contribution in [2.45, 2.75) is 38.8 Å². The molecule has 0 spiro atoms. The number of rotatable bonds is 7. The maximum Gasteiger partial charge on any atom is 0.246 e. The Kier molecular flexibility index (Phi) is 6.02. The molecule has 1 heterocycles. The summed E-state index contributed by atoms with van der Waals surface area (Å²) in [5.41, 5.74) is 2.44. The topological polar surface area (TPSA) is 47.6 Å². The lowest BCUT2D eigenvalue weighted by Gasteiger charge is -2.11. The van der Waals surface area contributed by atoms with Crippen LogP contribution in [0.4, 0.5) is 0 Å². The van der Waals surface area contributed by atoms with Crippen molar-refractivity contribution in [2.75, 3.05) is 19.8 Å². The van der Waals surface area contributed by atoms with Gasteiger partial charge in [-0.15, -0.1) is 0 Å². The van der Waals surface area contributed by atoms with E-state index in [9.17, 15) is 4.79 Å². The SMILES string of the molecule is CCc1ccccc1CNC(=O)COC[C@H]1CCCO1. The lowest BCUT2D eigenvalue weighted by atomic mass is 10.1. The molecule has 1 aliphatic rings. The number of ether oxygens (including phenoxy) is 2. The summed E-state index contributed by atoms with van der Waals surface area (Å²) >= 11 is 0. The molecule has 1 atom stereocenters. The summed E-state index contributed by atoms with van der Waals surface area (Å²) in [7, 11) is 0. The molecule has 4 nitrogen and oxygen atoms in total. The molecular formula is C16H23NO3. The van der Waals surface area contributed by atoms with Gasteiger partial charge in [-0.3, -0.25) is 4.79 Å². The molecule has 0 bridgehead atoms. The Hall–Kier alpha value is -1.39. The fourth-order valence-electron chi connectivity index (χ4n) is 2.38. The second-order valence-corrected chi connectivity index (χ2v) is 5.05. The number of amides is 1. The van der Waals surface area contributed by atoms with Gasteiger partial charge in [0.25, 0.3) is 0 Å². The molecule has 0 aromatic heterocycles. The summed E-state index contributed by atoms with van der Waals surface area (Å²) < 4.78 is 10.8. The van der Waals surface area contributed by atoms with Crippen LogP contribution in [0.15, 0.2) is 24.3 Å². The maximum absolute atomic E-state index is 11.7. The monoisotopic (exact) mass is 277 g/mol. The Morgan fingerprint density at radius 3 is 2.90 bits per heavy atom. The largest absolute Gasteiger partial charge is 0.376 e. The van der Waals surface area contributed by atoms with Crippen LogP contribution in [0.25, 0.3) is 0 Å². The van der Waals surface area contributed by atoms with Crippen molar-refractivity contribution in [3.05, 3.63) is 35.4 Å². The number of nitrogens with one attached hydrogen (secondary N) is 1. The Balaban J connectivity index is 1.66. The van der Waals surface area contributed by atoms with E-state index in [1.165, 1.54) is 11.1 Å². The van der Waals surface area contributed by atoms with Gasteiger partial charge >= 0.3 is 0 Å². The Bertz CT molecular complexity index is 427. The van der Waals surface area contributed by atoms with Crippen LogP contribution in [0.2, 0.25) is 0 Å². The van der Waals surface area contributed by atoms with Gasteiger partial charge in [-0.05, 0) is 30.4 Å². The lowest BCUT2D eigenvalue weighted by molar-refractivity contribution is -0.127. The van der Waals surface area contributed by atoms with Gasteiger partial charge in [-0.25, -0.2) is 0 Å². The maximum atomic E-state index is 11.7. The van der Waals surface area contributed by atoms with E-state index in [1.54, 1.807) is 0 Å². The van der Waals surface area contributed by atoms with E-state index in [2.05, 4.69) is 18.3 Å². The summed E-state index contributed by atoms with van der Waals surface area (Å²) in [4.78, 5) is 11.7. The van der Waals surface area contributed by atoms with Crippen molar-refractivity contribution in [1.82, 2.24) is 5.32 Å². The van der Waals surface area contributed by atoms with Crippen LogP contribution < -0.4 is 5.32 Å². The predicted molar refractivity (Wildman–Crippen MR) is 77.5 cm³/mol. The van der Waals surface area contributed by atoms with E-state index >= 15 is 0 Å². The average molecular weight is 277 g/mol. The molecule has 0 radical (unpaired) electrons. The lowest BCUT2D eigenvalue weighted by Crippen LogP contribution is -2.29. The molecule has 0 unspecified atom stereocenters. The molecule has 1 amide bonds. The molecule has 1 aliphatic heterocycles. The Morgan fingerprint density at radius 2 is 2.20 bits per heavy atom. The van der Waals surface area contributed by atoms with Gasteiger partial charge in [0.1, 0.15) is 6.61 Å². The van der Waals surface area contributed by atoms with Gasteiger partial charge in [0, 0.05) is 13.2 Å². The van der Waals surface area contributed by atoms with E-state index in [4.69, 9.17) is 9.47 Å². The van der Waals surface area contributed by atoms with Crippen molar-refractivity contribution in [3.8, 4) is 0 Å². The van der Waals surface area contributed by atoms with Gasteiger partial charge in [-0.2, -0.15) is 0 Å². The van der Waals surface area contributed by atoms with Crippen LogP contribution in [-0.4, -0.2) is 31.8 Å². The highest BCUT2D eigenvalue weighted by molar-refractivity contribution is 5.77. The third-order valence-electron chi connectivity index (χ3n) is 3.54. The first-order valence-electron chi connectivity index (χ1n) is 7.32. The second kappa shape index (κ2) is 8.02. The van der Waals surface area contributed by atoms with Crippen molar-refractivity contribution >= 4 is 5.91 Å². The molecular weight excluding hydrogens is 254 g/mol. The number of benzene rings is 1. The van der Waals surface area contributed by atoms with E-state index < -0.39 is 0 Å². The highest BCUT2D eigenvalue weighted by atomic mass is 16.5. The fraction of sp³-hybridized carbons (Fsp3) is 0.562. The number of hydrogen-bond acceptors (Lipinski definition) is 3. The minimum Gasteiger partial charge on any atom is -0.376 e. The molecule has 4 heteroatoms. The smallest absolute Gasteiger partial charge is 0.246 e. The first kappa shape index (κ1) is 15.0. The van der Waals surface area contributed by atoms with E-state index in [1.807, 2.05) is 18.2 Å². The summed E-state index contributed by atoms with van der Waals surface area (Å²) in [5, 5.41) is 2.89. The summed E-state index contributed by atoms with van der Waals surface area (Å²) in [6.07, 6.45) is 3.27. The normalized spacial score (nSPS) is 18.1. The molecule has 1 fully saturated rings. The summed E-state index contributed by atoms with van der Waals surface area (Å²) in [6, 6.07) is 8.16. The molecule has 20 heavy (non-hydrogen) atoms. The molecule has 0 saturated carbocycles. The molecule has 1 N–H and O–H groups in total. The molecule has 0 aliphatic carbocycles. The average Bonchev–Trinajstić information content (AvgIpc) is 2.98. The minimum absolute atomic E-state index is 0.0751. The Morgan fingerprint density at radius 1 is 1.40 bits per heavy atom. The molecule has 110 valence electrons. The molecule has 2 rings (SSSR count). The zero-order valence-electron chi connectivity index (χ0n) is 12.1. The van der Waals surface area contributed by atoms with Crippen LogP contribution in [0.1, 0.15) is 30.9 Å². The zero-order chi connectivity index (χ0) is 14.2. The summed E-state index contributed by atoms with van der Waals surface area (Å²) in [6.45, 7) is 4.11. The zero-order valence-corrected chi connectivity index (χ0v) is 12.1. The highest BCUT2D eigenvalue weighted by Crippen LogP contribution is 2.12. The summed E-state index contributed by atoms with van der Waals surface area (Å²) in [5.74, 6) is -0.0751. The van der Waals surface area contributed by atoms with E-state index in [-0.39, 0.29) is 18.6 Å². The molecule has 1 saturated heterocycles. The third-order valence-corrected chi connectivity index (χ3v) is 3.54. The quantitative estimate of drug-likeness (QED) is 0.830. The molecule has 1 aromatic rings.